The molecule has 0 bridgehead atoms. The molecule has 0 fully saturated rings. The fourth-order valence-electron chi connectivity index (χ4n) is 2.19. The third-order valence-electron chi connectivity index (χ3n) is 3.23. The Kier molecular flexibility index (Phi) is 3.77. The molecule has 0 aromatic heterocycles. The van der Waals surface area contributed by atoms with Crippen LogP contribution in [0.2, 0.25) is 10.0 Å². The Morgan fingerprint density at radius 3 is 1.85 bits per heavy atom. The minimum absolute atomic E-state index is 0.691. The summed E-state index contributed by atoms with van der Waals surface area (Å²) in [6.07, 6.45) is 0. The molecule has 3 rings (SSSR count). The smallest absolute Gasteiger partial charge is 0.0485 e. The monoisotopic (exact) mass is 298 g/mol. The molecule has 0 spiro atoms. The third-order valence-corrected chi connectivity index (χ3v) is 3.80. The van der Waals surface area contributed by atoms with Crippen LogP contribution >= 0.6 is 23.2 Å². The van der Waals surface area contributed by atoms with Crippen molar-refractivity contribution in [2.45, 2.75) is 0 Å². The highest BCUT2D eigenvalue weighted by Gasteiger charge is 2.05. The molecule has 0 aliphatic rings. The van der Waals surface area contributed by atoms with E-state index < -0.39 is 0 Å². The second-order valence-electron chi connectivity index (χ2n) is 4.57. The Hall–Kier alpha value is -1.76. The highest BCUT2D eigenvalue weighted by molar-refractivity contribution is 6.35. The van der Waals surface area contributed by atoms with Crippen LogP contribution in [0.5, 0.6) is 0 Å². The van der Waals surface area contributed by atoms with Gasteiger partial charge in [-0.05, 0) is 34.9 Å². The van der Waals surface area contributed by atoms with Crippen LogP contribution in [-0.4, -0.2) is 0 Å². The van der Waals surface area contributed by atoms with E-state index in [1.165, 1.54) is 11.1 Å². The Morgan fingerprint density at radius 1 is 0.550 bits per heavy atom. The lowest BCUT2D eigenvalue weighted by atomic mass is 10.0. The molecule has 98 valence electrons. The van der Waals surface area contributed by atoms with Gasteiger partial charge in [0.1, 0.15) is 0 Å². The number of hydrogen-bond acceptors (Lipinski definition) is 0. The molecule has 2 heteroatoms. The summed E-state index contributed by atoms with van der Waals surface area (Å²) in [5, 5.41) is 1.40. The van der Waals surface area contributed by atoms with E-state index >= 15 is 0 Å². The fourth-order valence-corrected chi connectivity index (χ4v) is 2.59. The summed E-state index contributed by atoms with van der Waals surface area (Å²) in [5.41, 5.74) is 4.42. The van der Waals surface area contributed by atoms with Crippen molar-refractivity contribution in [2.75, 3.05) is 0 Å². The molecule has 0 saturated heterocycles. The molecule has 0 aliphatic carbocycles. The third kappa shape index (κ3) is 2.72. The molecule has 0 heterocycles. The molecular weight excluding hydrogens is 287 g/mol. The van der Waals surface area contributed by atoms with Gasteiger partial charge in [-0.1, -0.05) is 77.8 Å². The molecule has 3 aromatic rings. The maximum Gasteiger partial charge on any atom is 0.0485 e. The second kappa shape index (κ2) is 5.70. The maximum atomic E-state index is 6.23. The summed E-state index contributed by atoms with van der Waals surface area (Å²) in [4.78, 5) is 0. The van der Waals surface area contributed by atoms with Crippen LogP contribution in [0.3, 0.4) is 0 Å². The first-order chi connectivity index (χ1) is 9.74. The maximum absolute atomic E-state index is 6.23. The first-order valence-electron chi connectivity index (χ1n) is 6.35. The Morgan fingerprint density at radius 2 is 1.15 bits per heavy atom. The Balaban J connectivity index is 2.00. The summed E-state index contributed by atoms with van der Waals surface area (Å²) in [6, 6.07) is 24.1. The molecular formula is C18H12Cl2. The van der Waals surface area contributed by atoms with Crippen molar-refractivity contribution >= 4 is 23.2 Å². The van der Waals surface area contributed by atoms with Crippen molar-refractivity contribution in [2.24, 2.45) is 0 Å². The van der Waals surface area contributed by atoms with Gasteiger partial charge in [0.15, 0.2) is 0 Å². The van der Waals surface area contributed by atoms with E-state index in [0.29, 0.717) is 10.0 Å². The van der Waals surface area contributed by atoms with E-state index in [1.54, 1.807) is 6.07 Å². The predicted octanol–water partition coefficient (Wildman–Crippen LogP) is 6.33. The SMILES string of the molecule is Clc1ccc(Cl)c(-c2ccc(-c3ccccc3)cc2)c1. The van der Waals surface area contributed by atoms with Crippen molar-refractivity contribution in [3.8, 4) is 22.3 Å². The predicted molar refractivity (Wildman–Crippen MR) is 87.3 cm³/mol. The van der Waals surface area contributed by atoms with E-state index in [1.807, 2.05) is 30.3 Å². The summed E-state index contributed by atoms with van der Waals surface area (Å²) >= 11 is 12.3. The summed E-state index contributed by atoms with van der Waals surface area (Å²) in [6.45, 7) is 0. The molecule has 0 saturated carbocycles. The van der Waals surface area contributed by atoms with Gasteiger partial charge >= 0.3 is 0 Å². The van der Waals surface area contributed by atoms with Gasteiger partial charge in [0.05, 0.1) is 0 Å². The molecule has 20 heavy (non-hydrogen) atoms. The minimum Gasteiger partial charge on any atom is -0.0843 e. The first-order valence-corrected chi connectivity index (χ1v) is 7.10. The number of hydrogen-bond donors (Lipinski definition) is 0. The lowest BCUT2D eigenvalue weighted by Gasteiger charge is -2.07. The van der Waals surface area contributed by atoms with Crippen LogP contribution in [0.25, 0.3) is 22.3 Å². The van der Waals surface area contributed by atoms with Crippen LogP contribution < -0.4 is 0 Å². The van der Waals surface area contributed by atoms with Crippen LogP contribution in [0.1, 0.15) is 0 Å². The fraction of sp³-hybridized carbons (Fsp3) is 0. The van der Waals surface area contributed by atoms with Gasteiger partial charge in [-0.2, -0.15) is 0 Å². The quantitative estimate of drug-likeness (QED) is 0.519. The largest absolute Gasteiger partial charge is 0.0843 e. The second-order valence-corrected chi connectivity index (χ2v) is 5.41. The van der Waals surface area contributed by atoms with Crippen molar-refractivity contribution < 1.29 is 0 Å². The highest BCUT2D eigenvalue weighted by Crippen LogP contribution is 2.31. The van der Waals surface area contributed by atoms with Crippen LogP contribution in [0.15, 0.2) is 72.8 Å². The van der Waals surface area contributed by atoms with E-state index in [0.717, 1.165) is 11.1 Å². The van der Waals surface area contributed by atoms with Gasteiger partial charge in [0.25, 0.3) is 0 Å². The average molecular weight is 299 g/mol. The van der Waals surface area contributed by atoms with E-state index in [2.05, 4.69) is 36.4 Å². The molecule has 0 N–H and O–H groups in total. The van der Waals surface area contributed by atoms with Crippen LogP contribution in [0.4, 0.5) is 0 Å². The molecule has 0 unspecified atom stereocenters. The molecule has 0 aliphatic heterocycles. The lowest BCUT2D eigenvalue weighted by molar-refractivity contribution is 1.59. The highest BCUT2D eigenvalue weighted by atomic mass is 35.5. The molecule has 3 aromatic carbocycles. The van der Waals surface area contributed by atoms with Crippen LogP contribution in [-0.2, 0) is 0 Å². The summed E-state index contributed by atoms with van der Waals surface area (Å²) in [5.74, 6) is 0. The number of halogens is 2. The van der Waals surface area contributed by atoms with E-state index in [4.69, 9.17) is 23.2 Å². The van der Waals surface area contributed by atoms with Crippen molar-refractivity contribution in [3.05, 3.63) is 82.8 Å². The standard InChI is InChI=1S/C18H12Cl2/c19-16-10-11-18(20)17(12-16)15-8-6-14(7-9-15)13-4-2-1-3-5-13/h1-12H. The van der Waals surface area contributed by atoms with Gasteiger partial charge in [-0.15, -0.1) is 0 Å². The zero-order chi connectivity index (χ0) is 13.9. The lowest BCUT2D eigenvalue weighted by Crippen LogP contribution is -1.82. The van der Waals surface area contributed by atoms with Crippen LogP contribution in [0, 0.1) is 0 Å². The molecule has 0 atom stereocenters. The normalized spacial score (nSPS) is 10.5. The topological polar surface area (TPSA) is 0 Å². The Labute approximate surface area is 128 Å². The summed E-state index contributed by atoms with van der Waals surface area (Å²) in [7, 11) is 0. The number of rotatable bonds is 2. The minimum atomic E-state index is 0.691. The van der Waals surface area contributed by atoms with Crippen molar-refractivity contribution in [1.82, 2.24) is 0 Å². The molecule has 0 nitrogen and oxygen atoms in total. The van der Waals surface area contributed by atoms with Crippen molar-refractivity contribution in [1.29, 1.82) is 0 Å². The van der Waals surface area contributed by atoms with Gasteiger partial charge in [0.2, 0.25) is 0 Å². The zero-order valence-corrected chi connectivity index (χ0v) is 12.2. The van der Waals surface area contributed by atoms with E-state index in [9.17, 15) is 0 Å². The van der Waals surface area contributed by atoms with E-state index in [-0.39, 0.29) is 0 Å². The Bertz CT molecular complexity index is 716. The van der Waals surface area contributed by atoms with Crippen molar-refractivity contribution in [3.63, 3.8) is 0 Å². The molecule has 0 amide bonds. The van der Waals surface area contributed by atoms with Gasteiger partial charge < -0.3 is 0 Å². The van der Waals surface area contributed by atoms with Gasteiger partial charge in [0, 0.05) is 15.6 Å². The molecule has 0 radical (unpaired) electrons. The van der Waals surface area contributed by atoms with Gasteiger partial charge in [-0.25, -0.2) is 0 Å². The number of benzene rings is 3. The van der Waals surface area contributed by atoms with Gasteiger partial charge in [-0.3, -0.25) is 0 Å². The zero-order valence-electron chi connectivity index (χ0n) is 10.7. The summed E-state index contributed by atoms with van der Waals surface area (Å²) < 4.78 is 0. The first kappa shape index (κ1) is 13.2. The average Bonchev–Trinajstić information content (AvgIpc) is 2.51.